The van der Waals surface area contributed by atoms with Gasteiger partial charge in [-0.1, -0.05) is 19.9 Å². The molecule has 0 saturated carbocycles. The molecule has 1 aliphatic heterocycles. The van der Waals surface area contributed by atoms with Gasteiger partial charge in [0.15, 0.2) is 0 Å². The second-order valence-corrected chi connectivity index (χ2v) is 4.79. The van der Waals surface area contributed by atoms with Crippen LogP contribution >= 0.6 is 0 Å². The maximum absolute atomic E-state index is 5.86. The van der Waals surface area contributed by atoms with E-state index in [0.717, 1.165) is 25.3 Å². The van der Waals surface area contributed by atoms with Crippen molar-refractivity contribution < 1.29 is 4.74 Å². The lowest BCUT2D eigenvalue weighted by Gasteiger charge is -2.26. The molecule has 0 spiro atoms. The van der Waals surface area contributed by atoms with Crippen LogP contribution in [-0.2, 0) is 11.2 Å². The van der Waals surface area contributed by atoms with Crippen LogP contribution in [0.3, 0.4) is 0 Å². The van der Waals surface area contributed by atoms with Crippen molar-refractivity contribution in [2.75, 3.05) is 13.2 Å². The number of ether oxygens (including phenoxy) is 1. The molecule has 0 radical (unpaired) electrons. The number of hydrogen-bond donors (Lipinski definition) is 1. The number of nitrogens with one attached hydrogen (secondary N) is 1. The summed E-state index contributed by atoms with van der Waals surface area (Å²) in [5.41, 5.74) is 1.14. The minimum absolute atomic E-state index is 0.331. The van der Waals surface area contributed by atoms with E-state index in [2.05, 4.69) is 30.2 Å². The van der Waals surface area contributed by atoms with E-state index in [0.29, 0.717) is 18.1 Å². The largest absolute Gasteiger partial charge is 0.376 e. The highest BCUT2D eigenvalue weighted by Gasteiger charge is 2.31. The lowest BCUT2D eigenvalue weighted by Crippen LogP contribution is -2.43. The Labute approximate surface area is 104 Å². The predicted octanol–water partition coefficient (Wildman–Crippen LogP) is 2.03. The maximum atomic E-state index is 5.86. The van der Waals surface area contributed by atoms with E-state index in [4.69, 9.17) is 4.74 Å². The molecular weight excluding hydrogens is 212 g/mol. The van der Waals surface area contributed by atoms with E-state index in [9.17, 15) is 0 Å². The predicted molar refractivity (Wildman–Crippen MR) is 68.9 cm³/mol. The van der Waals surface area contributed by atoms with E-state index in [1.807, 2.05) is 18.3 Å². The molecule has 3 nitrogen and oxygen atoms in total. The van der Waals surface area contributed by atoms with Crippen molar-refractivity contribution in [1.29, 1.82) is 0 Å². The zero-order valence-electron chi connectivity index (χ0n) is 10.7. The number of hydrogen-bond acceptors (Lipinski definition) is 3. The fourth-order valence-corrected chi connectivity index (χ4v) is 2.54. The normalized spacial score (nSPS) is 26.0. The Kier molecular flexibility index (Phi) is 4.51. The number of likely N-dealkylation sites (N-methyl/N-ethyl adjacent to an activating group) is 1. The molecule has 0 amide bonds. The Bertz CT molecular complexity index is 328. The average Bonchev–Trinajstić information content (AvgIpc) is 2.76. The van der Waals surface area contributed by atoms with Crippen LogP contribution in [0.25, 0.3) is 0 Å². The topological polar surface area (TPSA) is 34.2 Å². The molecule has 0 aromatic carbocycles. The van der Waals surface area contributed by atoms with Crippen molar-refractivity contribution in [2.45, 2.75) is 38.8 Å². The molecule has 0 aliphatic carbocycles. The summed E-state index contributed by atoms with van der Waals surface area (Å²) in [6, 6.07) is 6.47. The first-order valence-electron chi connectivity index (χ1n) is 6.56. The molecule has 2 rings (SSSR count). The third-order valence-corrected chi connectivity index (χ3v) is 3.46. The van der Waals surface area contributed by atoms with Crippen LogP contribution < -0.4 is 5.32 Å². The molecule has 1 aliphatic rings. The number of pyridine rings is 1. The van der Waals surface area contributed by atoms with Crippen molar-refractivity contribution >= 4 is 0 Å². The molecule has 3 unspecified atom stereocenters. The number of rotatable bonds is 5. The molecule has 94 valence electrons. The Morgan fingerprint density at radius 1 is 1.53 bits per heavy atom. The molecule has 2 heterocycles. The van der Waals surface area contributed by atoms with Gasteiger partial charge in [-0.25, -0.2) is 0 Å². The molecule has 1 N–H and O–H groups in total. The zero-order valence-corrected chi connectivity index (χ0v) is 10.7. The van der Waals surface area contributed by atoms with Gasteiger partial charge < -0.3 is 10.1 Å². The van der Waals surface area contributed by atoms with E-state index in [-0.39, 0.29) is 0 Å². The molecule has 0 bridgehead atoms. The van der Waals surface area contributed by atoms with E-state index >= 15 is 0 Å². The molecule has 3 atom stereocenters. The molecular formula is C14H22N2O. The van der Waals surface area contributed by atoms with Crippen LogP contribution in [0.1, 0.15) is 26.0 Å². The summed E-state index contributed by atoms with van der Waals surface area (Å²) in [6.45, 7) is 6.30. The lowest BCUT2D eigenvalue weighted by molar-refractivity contribution is 0.0612. The summed E-state index contributed by atoms with van der Waals surface area (Å²) in [7, 11) is 0. The molecule has 3 heteroatoms. The monoisotopic (exact) mass is 234 g/mol. The van der Waals surface area contributed by atoms with Crippen LogP contribution in [0.2, 0.25) is 0 Å². The van der Waals surface area contributed by atoms with Gasteiger partial charge in [0, 0.05) is 31.0 Å². The third kappa shape index (κ3) is 3.27. The van der Waals surface area contributed by atoms with Gasteiger partial charge >= 0.3 is 0 Å². The first-order valence-corrected chi connectivity index (χ1v) is 6.56. The molecule has 1 aromatic rings. The minimum Gasteiger partial charge on any atom is -0.376 e. The van der Waals surface area contributed by atoms with Gasteiger partial charge in [-0.15, -0.1) is 0 Å². The first kappa shape index (κ1) is 12.5. The average molecular weight is 234 g/mol. The van der Waals surface area contributed by atoms with Crippen LogP contribution in [0, 0.1) is 5.92 Å². The quantitative estimate of drug-likeness (QED) is 0.846. The van der Waals surface area contributed by atoms with Crippen LogP contribution in [0.5, 0.6) is 0 Å². The first-order chi connectivity index (χ1) is 8.31. The third-order valence-electron chi connectivity index (χ3n) is 3.46. The fourth-order valence-electron chi connectivity index (χ4n) is 2.54. The van der Waals surface area contributed by atoms with Gasteiger partial charge in [0.05, 0.1) is 6.10 Å². The van der Waals surface area contributed by atoms with Crippen molar-refractivity contribution in [3.63, 3.8) is 0 Å². The molecule has 1 aromatic heterocycles. The zero-order chi connectivity index (χ0) is 12.1. The highest BCUT2D eigenvalue weighted by molar-refractivity contribution is 5.06. The Morgan fingerprint density at radius 3 is 3.00 bits per heavy atom. The minimum atomic E-state index is 0.331. The number of aromatic nitrogens is 1. The second-order valence-electron chi connectivity index (χ2n) is 4.79. The summed E-state index contributed by atoms with van der Waals surface area (Å²) >= 11 is 0. The maximum Gasteiger partial charge on any atom is 0.0758 e. The SMILES string of the molecule is CCNC(Cc1ccccn1)C1OCCC1C. The Hall–Kier alpha value is -0.930. The molecule has 1 fully saturated rings. The van der Waals surface area contributed by atoms with Crippen molar-refractivity contribution in [2.24, 2.45) is 5.92 Å². The highest BCUT2D eigenvalue weighted by atomic mass is 16.5. The van der Waals surface area contributed by atoms with Gasteiger partial charge in [-0.2, -0.15) is 0 Å². The van der Waals surface area contributed by atoms with Gasteiger partial charge in [0.2, 0.25) is 0 Å². The van der Waals surface area contributed by atoms with Crippen molar-refractivity contribution in [3.8, 4) is 0 Å². The van der Waals surface area contributed by atoms with E-state index < -0.39 is 0 Å². The Balaban J connectivity index is 2.02. The lowest BCUT2D eigenvalue weighted by atomic mass is 9.94. The summed E-state index contributed by atoms with van der Waals surface area (Å²) in [4.78, 5) is 4.40. The summed E-state index contributed by atoms with van der Waals surface area (Å²) in [6.07, 6.45) is 4.31. The van der Waals surface area contributed by atoms with Crippen LogP contribution in [0.4, 0.5) is 0 Å². The highest BCUT2D eigenvalue weighted by Crippen LogP contribution is 2.24. The van der Waals surface area contributed by atoms with E-state index in [1.54, 1.807) is 0 Å². The van der Waals surface area contributed by atoms with Gasteiger partial charge in [0.1, 0.15) is 0 Å². The second kappa shape index (κ2) is 6.12. The van der Waals surface area contributed by atoms with Crippen LogP contribution in [0.15, 0.2) is 24.4 Å². The molecule has 17 heavy (non-hydrogen) atoms. The number of nitrogens with zero attached hydrogens (tertiary/aromatic N) is 1. The van der Waals surface area contributed by atoms with Crippen molar-refractivity contribution in [1.82, 2.24) is 10.3 Å². The smallest absolute Gasteiger partial charge is 0.0758 e. The molecule has 1 saturated heterocycles. The summed E-state index contributed by atoms with van der Waals surface area (Å²) in [5.74, 6) is 0.641. The fraction of sp³-hybridized carbons (Fsp3) is 0.643. The summed E-state index contributed by atoms with van der Waals surface area (Å²) in [5, 5.41) is 3.54. The summed E-state index contributed by atoms with van der Waals surface area (Å²) < 4.78 is 5.86. The van der Waals surface area contributed by atoms with Crippen LogP contribution in [-0.4, -0.2) is 30.3 Å². The van der Waals surface area contributed by atoms with Crippen molar-refractivity contribution in [3.05, 3.63) is 30.1 Å². The standard InChI is InChI=1S/C14H22N2O/c1-3-15-13(14-11(2)7-9-17-14)10-12-6-4-5-8-16-12/h4-6,8,11,13-15H,3,7,9-10H2,1-2H3. The van der Waals surface area contributed by atoms with Gasteiger partial charge in [-0.3, -0.25) is 4.98 Å². The van der Waals surface area contributed by atoms with E-state index in [1.165, 1.54) is 6.42 Å². The Morgan fingerprint density at radius 2 is 2.41 bits per heavy atom. The van der Waals surface area contributed by atoms with Gasteiger partial charge in [-0.05, 0) is 31.0 Å². The van der Waals surface area contributed by atoms with Gasteiger partial charge in [0.25, 0.3) is 0 Å².